The summed E-state index contributed by atoms with van der Waals surface area (Å²) in [6, 6.07) is 5.87. The molecule has 0 fully saturated rings. The molecule has 3 rings (SSSR count). The molecule has 1 aliphatic carbocycles. The first-order valence-corrected chi connectivity index (χ1v) is 11.5. The van der Waals surface area contributed by atoms with E-state index in [1.165, 1.54) is 0 Å². The maximum Gasteiger partial charge on any atom is 0.251 e. The van der Waals surface area contributed by atoms with Crippen LogP contribution in [0.3, 0.4) is 0 Å². The Morgan fingerprint density at radius 1 is 1.27 bits per heavy atom. The molecule has 2 heterocycles. The van der Waals surface area contributed by atoms with Gasteiger partial charge in [0.1, 0.15) is 0 Å². The number of pyridine rings is 1. The fourth-order valence-electron chi connectivity index (χ4n) is 4.14. The third-order valence-electron chi connectivity index (χ3n) is 5.94. The Balaban J connectivity index is 2.03. The number of hydrogen-bond donors (Lipinski definition) is 2. The minimum absolute atomic E-state index is 0.166. The maximum atomic E-state index is 13.2. The van der Waals surface area contributed by atoms with Crippen molar-refractivity contribution >= 4 is 17.9 Å². The summed E-state index contributed by atoms with van der Waals surface area (Å²) in [5.41, 5.74) is 5.73. The van der Waals surface area contributed by atoms with Gasteiger partial charge in [0, 0.05) is 23.0 Å². The monoisotopic (exact) mass is 447 g/mol. The van der Waals surface area contributed by atoms with Crippen molar-refractivity contribution in [2.24, 2.45) is 0 Å². The topological polar surface area (TPSA) is 88.9 Å². The van der Waals surface area contributed by atoms with Gasteiger partial charge in [0.2, 0.25) is 6.41 Å². The molecule has 1 atom stereocenters. The van der Waals surface area contributed by atoms with Crippen LogP contribution in [0.25, 0.3) is 5.57 Å². The van der Waals surface area contributed by atoms with E-state index in [0.717, 1.165) is 47.4 Å². The largest absolute Gasteiger partial charge is 0.346 e. The average Bonchev–Trinajstić information content (AvgIpc) is 3.12. The van der Waals surface area contributed by atoms with Gasteiger partial charge in [-0.1, -0.05) is 38.0 Å². The van der Waals surface area contributed by atoms with E-state index in [1.807, 2.05) is 50.4 Å². The molecule has 2 aromatic heterocycles. The highest BCUT2D eigenvalue weighted by Crippen LogP contribution is 2.33. The van der Waals surface area contributed by atoms with E-state index >= 15 is 0 Å². The smallest absolute Gasteiger partial charge is 0.251 e. The van der Waals surface area contributed by atoms with Gasteiger partial charge < -0.3 is 10.6 Å². The van der Waals surface area contributed by atoms with Gasteiger partial charge in [0.15, 0.2) is 0 Å². The fraction of sp³-hybridized carbons (Fsp3) is 0.385. The molecule has 2 amide bonds. The highest BCUT2D eigenvalue weighted by atomic mass is 16.1. The Kier molecular flexibility index (Phi) is 8.35. The molecule has 174 valence electrons. The second kappa shape index (κ2) is 11.4. The minimum Gasteiger partial charge on any atom is -0.346 e. The predicted molar refractivity (Wildman–Crippen MR) is 130 cm³/mol. The van der Waals surface area contributed by atoms with Crippen molar-refractivity contribution < 1.29 is 9.59 Å². The zero-order valence-corrected chi connectivity index (χ0v) is 19.9. The Morgan fingerprint density at radius 2 is 2.09 bits per heavy atom. The van der Waals surface area contributed by atoms with Gasteiger partial charge in [-0.25, -0.2) is 0 Å². The molecule has 7 nitrogen and oxygen atoms in total. The van der Waals surface area contributed by atoms with E-state index < -0.39 is 0 Å². The highest BCUT2D eigenvalue weighted by Gasteiger charge is 2.24. The van der Waals surface area contributed by atoms with E-state index in [2.05, 4.69) is 39.2 Å². The number of hydrogen-bond acceptors (Lipinski definition) is 4. The lowest BCUT2D eigenvalue weighted by Crippen LogP contribution is -2.25. The zero-order chi connectivity index (χ0) is 23.8. The molecular formula is C26H33N5O2. The van der Waals surface area contributed by atoms with Crippen molar-refractivity contribution in [3.8, 4) is 0 Å². The predicted octanol–water partition coefficient (Wildman–Crippen LogP) is 4.39. The van der Waals surface area contributed by atoms with Gasteiger partial charge in [-0.2, -0.15) is 5.10 Å². The highest BCUT2D eigenvalue weighted by molar-refractivity contribution is 6.01. The summed E-state index contributed by atoms with van der Waals surface area (Å²) in [6.45, 7) is 8.62. The number of aryl methyl sites for hydroxylation is 1. The van der Waals surface area contributed by atoms with E-state index in [-0.39, 0.29) is 11.9 Å². The minimum atomic E-state index is -0.166. The normalized spacial score (nSPS) is 14.8. The van der Waals surface area contributed by atoms with Crippen molar-refractivity contribution in [3.63, 3.8) is 0 Å². The molecule has 0 saturated carbocycles. The van der Waals surface area contributed by atoms with Gasteiger partial charge in [-0.15, -0.1) is 0 Å². The third-order valence-corrected chi connectivity index (χ3v) is 5.94. The lowest BCUT2D eigenvalue weighted by molar-refractivity contribution is -0.117. The first-order valence-electron chi connectivity index (χ1n) is 11.5. The lowest BCUT2D eigenvalue weighted by Gasteiger charge is -2.21. The van der Waals surface area contributed by atoms with Crippen LogP contribution in [0.5, 0.6) is 0 Å². The van der Waals surface area contributed by atoms with Crippen LogP contribution in [-0.4, -0.2) is 27.1 Å². The van der Waals surface area contributed by atoms with Crippen LogP contribution in [0, 0.1) is 6.92 Å². The lowest BCUT2D eigenvalue weighted by atomic mass is 10.0. The van der Waals surface area contributed by atoms with Crippen molar-refractivity contribution in [1.82, 2.24) is 25.4 Å². The van der Waals surface area contributed by atoms with E-state index in [1.54, 1.807) is 6.20 Å². The van der Waals surface area contributed by atoms with Crippen LogP contribution in [-0.2, 0) is 16.1 Å². The van der Waals surface area contributed by atoms with Gasteiger partial charge in [-0.3, -0.25) is 19.3 Å². The van der Waals surface area contributed by atoms with Crippen LogP contribution >= 0.6 is 0 Å². The Hall–Kier alpha value is -3.48. The summed E-state index contributed by atoms with van der Waals surface area (Å²) < 4.78 is 2.05. The molecule has 0 bridgehead atoms. The number of amides is 2. The first-order chi connectivity index (χ1) is 16.0. The van der Waals surface area contributed by atoms with Crippen LogP contribution in [0.2, 0.25) is 0 Å². The van der Waals surface area contributed by atoms with E-state index in [0.29, 0.717) is 30.6 Å². The SMILES string of the molecule is CCCC(CC)n1ncc(C)c1C1=CC(C(=O)NCc2ccccn2)=C(C)CC=C1NC=O. The molecule has 2 N–H and O–H groups in total. The van der Waals surface area contributed by atoms with Crippen LogP contribution < -0.4 is 10.6 Å². The molecular weight excluding hydrogens is 414 g/mol. The second-order valence-electron chi connectivity index (χ2n) is 8.31. The van der Waals surface area contributed by atoms with Crippen molar-refractivity contribution in [1.29, 1.82) is 0 Å². The molecule has 0 spiro atoms. The van der Waals surface area contributed by atoms with Crippen molar-refractivity contribution in [2.45, 2.75) is 66.0 Å². The number of nitrogens with one attached hydrogen (secondary N) is 2. The molecule has 33 heavy (non-hydrogen) atoms. The molecule has 0 aliphatic heterocycles. The number of carbonyl (C=O) groups excluding carboxylic acids is 2. The standard InChI is InChI=1S/C26H33N5O2/c1-5-9-21(6-2)31-25(19(4)15-30-31)23-14-22(18(3)11-12-24(23)29-17-32)26(33)28-16-20-10-7-8-13-27-20/h7-8,10,12-15,17,21H,5-6,9,11,16H2,1-4H3,(H,28,33)(H,29,32). The quantitative estimate of drug-likeness (QED) is 0.529. The second-order valence-corrected chi connectivity index (χ2v) is 8.31. The zero-order valence-electron chi connectivity index (χ0n) is 19.9. The molecule has 0 saturated heterocycles. The van der Waals surface area contributed by atoms with Crippen LogP contribution in [0.4, 0.5) is 0 Å². The van der Waals surface area contributed by atoms with Gasteiger partial charge in [-0.05, 0) is 56.9 Å². The molecule has 1 unspecified atom stereocenters. The Morgan fingerprint density at radius 3 is 2.76 bits per heavy atom. The number of aromatic nitrogens is 3. The fourth-order valence-corrected chi connectivity index (χ4v) is 4.14. The van der Waals surface area contributed by atoms with Gasteiger partial charge in [0.05, 0.1) is 30.2 Å². The summed E-state index contributed by atoms with van der Waals surface area (Å²) >= 11 is 0. The molecule has 7 heteroatoms. The van der Waals surface area contributed by atoms with Gasteiger partial charge >= 0.3 is 0 Å². The van der Waals surface area contributed by atoms with Crippen LogP contribution in [0.1, 0.15) is 69.4 Å². The summed E-state index contributed by atoms with van der Waals surface area (Å²) in [5.74, 6) is -0.166. The van der Waals surface area contributed by atoms with Crippen LogP contribution in [0.15, 0.2) is 59.6 Å². The number of rotatable bonds is 10. The molecule has 0 radical (unpaired) electrons. The molecule has 2 aromatic rings. The van der Waals surface area contributed by atoms with E-state index in [4.69, 9.17) is 0 Å². The summed E-state index contributed by atoms with van der Waals surface area (Å²) in [4.78, 5) is 28.9. The molecule has 1 aliphatic rings. The number of carbonyl (C=O) groups is 2. The van der Waals surface area contributed by atoms with Crippen molar-refractivity contribution in [3.05, 3.63) is 76.5 Å². The molecule has 0 aromatic carbocycles. The summed E-state index contributed by atoms with van der Waals surface area (Å²) in [6.07, 6.45) is 11.7. The number of allylic oxidation sites excluding steroid dienone is 3. The summed E-state index contributed by atoms with van der Waals surface area (Å²) in [7, 11) is 0. The van der Waals surface area contributed by atoms with Crippen molar-refractivity contribution in [2.75, 3.05) is 0 Å². The number of nitrogens with zero attached hydrogens (tertiary/aromatic N) is 3. The average molecular weight is 448 g/mol. The van der Waals surface area contributed by atoms with Gasteiger partial charge in [0.25, 0.3) is 5.91 Å². The first kappa shape index (κ1) is 24.2. The Bertz CT molecular complexity index is 1080. The summed E-state index contributed by atoms with van der Waals surface area (Å²) in [5, 5.41) is 10.5. The maximum absolute atomic E-state index is 13.2. The Labute approximate surface area is 195 Å². The third kappa shape index (κ3) is 5.66. The van der Waals surface area contributed by atoms with E-state index in [9.17, 15) is 9.59 Å².